The summed E-state index contributed by atoms with van der Waals surface area (Å²) in [5.74, 6) is 0. The second-order valence-electron chi connectivity index (χ2n) is 5.27. The van der Waals surface area contributed by atoms with E-state index in [1.54, 1.807) is 30.6 Å². The number of amides is 2. The number of hydrogen-bond donors (Lipinski definition) is 2. The number of anilines is 1. The number of carbonyl (C=O) groups excluding carboxylic acids is 1. The topological polar surface area (TPSA) is 63.1 Å². The summed E-state index contributed by atoms with van der Waals surface area (Å²) in [6, 6.07) is 9.03. The summed E-state index contributed by atoms with van der Waals surface area (Å²) >= 11 is 1.64. The molecule has 0 aliphatic rings. The minimum Gasteiger partial charge on any atom is -0.338 e. The molecule has 0 bridgehead atoms. The Balaban J connectivity index is 1.72. The molecule has 0 atom stereocenters. The molecule has 0 fully saturated rings. The lowest BCUT2D eigenvalue weighted by molar-refractivity contribution is 0.252. The molecule has 1 aromatic carbocycles. The third-order valence-electron chi connectivity index (χ3n) is 3.62. The summed E-state index contributed by atoms with van der Waals surface area (Å²) in [5, 5.41) is 11.1. The van der Waals surface area contributed by atoms with Crippen LogP contribution in [0.2, 0.25) is 0 Å². The zero-order valence-corrected chi connectivity index (χ0v) is 13.5. The molecule has 0 radical (unpaired) electrons. The van der Waals surface area contributed by atoms with Gasteiger partial charge in [0.25, 0.3) is 5.56 Å². The molecule has 118 valence electrons. The summed E-state index contributed by atoms with van der Waals surface area (Å²) in [6.45, 7) is 0.562. The molecular formula is C17H17N3O2S. The maximum absolute atomic E-state index is 12.1. The number of carbonyl (C=O) groups is 1. The fourth-order valence-electron chi connectivity index (χ4n) is 2.44. The molecule has 6 heteroatoms. The number of thiophene rings is 1. The van der Waals surface area contributed by atoms with E-state index in [1.807, 2.05) is 29.6 Å². The Bertz CT molecular complexity index is 884. The van der Waals surface area contributed by atoms with Crippen LogP contribution < -0.4 is 16.2 Å². The lowest BCUT2D eigenvalue weighted by Gasteiger charge is -2.11. The van der Waals surface area contributed by atoms with Crippen molar-refractivity contribution in [3.05, 3.63) is 63.2 Å². The summed E-state index contributed by atoms with van der Waals surface area (Å²) in [4.78, 5) is 24.2. The van der Waals surface area contributed by atoms with E-state index in [0.29, 0.717) is 17.6 Å². The highest BCUT2D eigenvalue weighted by atomic mass is 32.1. The minimum atomic E-state index is -0.274. The van der Waals surface area contributed by atoms with Gasteiger partial charge in [-0.25, -0.2) is 4.79 Å². The second kappa shape index (κ2) is 6.66. The van der Waals surface area contributed by atoms with E-state index in [0.717, 1.165) is 11.8 Å². The van der Waals surface area contributed by atoms with Crippen LogP contribution in [0.4, 0.5) is 10.5 Å². The highest BCUT2D eigenvalue weighted by Crippen LogP contribution is 2.19. The summed E-state index contributed by atoms with van der Waals surface area (Å²) < 4.78 is 1.48. The lowest BCUT2D eigenvalue weighted by atomic mass is 10.1. The van der Waals surface area contributed by atoms with Crippen LogP contribution in [0.3, 0.4) is 0 Å². The first-order chi connectivity index (χ1) is 11.1. The van der Waals surface area contributed by atoms with Gasteiger partial charge in [-0.3, -0.25) is 4.79 Å². The standard InChI is InChI=1S/C17H17N3O2S/c1-20-10-15(13-4-2-3-5-14(13)16(20)21)19-17(22)18-8-6-12-7-9-23-11-12/h2-5,7,9-11H,6,8H2,1H3,(H2,18,19,22). The number of aryl methyl sites for hydroxylation is 1. The monoisotopic (exact) mass is 327 g/mol. The van der Waals surface area contributed by atoms with Crippen molar-refractivity contribution in [2.45, 2.75) is 6.42 Å². The molecule has 2 N–H and O–H groups in total. The summed E-state index contributed by atoms with van der Waals surface area (Å²) in [7, 11) is 1.68. The molecule has 2 amide bonds. The average molecular weight is 327 g/mol. The number of urea groups is 1. The molecule has 0 aliphatic carbocycles. The van der Waals surface area contributed by atoms with Crippen LogP contribution in [-0.2, 0) is 13.5 Å². The van der Waals surface area contributed by atoms with E-state index in [2.05, 4.69) is 16.0 Å². The smallest absolute Gasteiger partial charge is 0.319 e. The van der Waals surface area contributed by atoms with Gasteiger partial charge in [0.05, 0.1) is 5.69 Å². The first kappa shape index (κ1) is 15.3. The quantitative estimate of drug-likeness (QED) is 0.774. The van der Waals surface area contributed by atoms with Gasteiger partial charge < -0.3 is 15.2 Å². The molecular weight excluding hydrogens is 310 g/mol. The van der Waals surface area contributed by atoms with Crippen molar-refractivity contribution in [2.75, 3.05) is 11.9 Å². The van der Waals surface area contributed by atoms with Crippen LogP contribution in [0.15, 0.2) is 52.1 Å². The number of benzene rings is 1. The van der Waals surface area contributed by atoms with E-state index >= 15 is 0 Å². The third-order valence-corrected chi connectivity index (χ3v) is 4.35. The van der Waals surface area contributed by atoms with E-state index in [-0.39, 0.29) is 11.6 Å². The van der Waals surface area contributed by atoms with Gasteiger partial charge in [-0.1, -0.05) is 18.2 Å². The molecule has 0 spiro atoms. The van der Waals surface area contributed by atoms with Crippen LogP contribution in [0, 0.1) is 0 Å². The number of fused-ring (bicyclic) bond motifs is 1. The molecule has 23 heavy (non-hydrogen) atoms. The van der Waals surface area contributed by atoms with Crippen molar-refractivity contribution in [3.63, 3.8) is 0 Å². The van der Waals surface area contributed by atoms with Crippen LogP contribution in [0.25, 0.3) is 10.8 Å². The summed E-state index contributed by atoms with van der Waals surface area (Å²) in [6.07, 6.45) is 2.44. The Hall–Kier alpha value is -2.60. The molecule has 0 saturated heterocycles. The van der Waals surface area contributed by atoms with Gasteiger partial charge in [-0.15, -0.1) is 0 Å². The van der Waals surface area contributed by atoms with E-state index in [4.69, 9.17) is 0 Å². The van der Waals surface area contributed by atoms with E-state index in [9.17, 15) is 9.59 Å². The third kappa shape index (κ3) is 3.43. The Morgan fingerprint density at radius 1 is 1.22 bits per heavy atom. The van der Waals surface area contributed by atoms with Gasteiger partial charge in [0.2, 0.25) is 0 Å². The van der Waals surface area contributed by atoms with Crippen LogP contribution in [-0.4, -0.2) is 17.1 Å². The SMILES string of the molecule is Cn1cc(NC(=O)NCCc2ccsc2)c2ccccc2c1=O. The number of hydrogen-bond acceptors (Lipinski definition) is 3. The number of nitrogens with zero attached hydrogens (tertiary/aromatic N) is 1. The molecule has 0 saturated carbocycles. The number of aromatic nitrogens is 1. The number of pyridine rings is 1. The van der Waals surface area contributed by atoms with Crippen molar-refractivity contribution in [3.8, 4) is 0 Å². The fourth-order valence-corrected chi connectivity index (χ4v) is 3.14. The molecule has 3 aromatic rings. The van der Waals surface area contributed by atoms with Gasteiger partial charge in [-0.2, -0.15) is 11.3 Å². The zero-order valence-electron chi connectivity index (χ0n) is 12.7. The highest BCUT2D eigenvalue weighted by molar-refractivity contribution is 7.07. The van der Waals surface area contributed by atoms with E-state index < -0.39 is 0 Å². The van der Waals surface area contributed by atoms with Crippen molar-refractivity contribution in [2.24, 2.45) is 7.05 Å². The van der Waals surface area contributed by atoms with Crippen molar-refractivity contribution in [1.29, 1.82) is 0 Å². The Labute approximate surface area is 137 Å². The minimum absolute atomic E-state index is 0.0796. The number of nitrogens with one attached hydrogen (secondary N) is 2. The van der Waals surface area contributed by atoms with Gasteiger partial charge in [-0.05, 0) is 34.9 Å². The van der Waals surface area contributed by atoms with Gasteiger partial charge in [0, 0.05) is 30.6 Å². The van der Waals surface area contributed by atoms with Crippen molar-refractivity contribution >= 4 is 33.8 Å². The first-order valence-electron chi connectivity index (χ1n) is 7.29. The molecule has 5 nitrogen and oxygen atoms in total. The van der Waals surface area contributed by atoms with Crippen molar-refractivity contribution in [1.82, 2.24) is 9.88 Å². The highest BCUT2D eigenvalue weighted by Gasteiger charge is 2.09. The largest absolute Gasteiger partial charge is 0.338 e. The molecule has 3 rings (SSSR count). The van der Waals surface area contributed by atoms with Crippen LogP contribution >= 0.6 is 11.3 Å². The van der Waals surface area contributed by atoms with E-state index in [1.165, 1.54) is 10.1 Å². The fraction of sp³-hybridized carbons (Fsp3) is 0.176. The molecule has 2 heterocycles. The second-order valence-corrected chi connectivity index (χ2v) is 6.05. The van der Waals surface area contributed by atoms with Crippen molar-refractivity contribution < 1.29 is 4.79 Å². The van der Waals surface area contributed by atoms with Gasteiger partial charge >= 0.3 is 6.03 Å². The average Bonchev–Trinajstić information content (AvgIpc) is 3.06. The van der Waals surface area contributed by atoms with Crippen LogP contribution in [0.5, 0.6) is 0 Å². The van der Waals surface area contributed by atoms with Gasteiger partial charge in [0.1, 0.15) is 0 Å². The van der Waals surface area contributed by atoms with Gasteiger partial charge in [0.15, 0.2) is 0 Å². The molecule has 0 aliphatic heterocycles. The normalized spacial score (nSPS) is 10.7. The Kier molecular flexibility index (Phi) is 4.43. The molecule has 0 unspecified atom stereocenters. The molecule has 2 aromatic heterocycles. The predicted molar refractivity (Wildman–Crippen MR) is 94.2 cm³/mol. The maximum atomic E-state index is 12.1. The first-order valence-corrected chi connectivity index (χ1v) is 8.24. The Morgan fingerprint density at radius 2 is 2.00 bits per heavy atom. The summed E-state index contributed by atoms with van der Waals surface area (Å²) in [5.41, 5.74) is 1.75. The maximum Gasteiger partial charge on any atom is 0.319 e. The lowest BCUT2D eigenvalue weighted by Crippen LogP contribution is -2.31. The zero-order chi connectivity index (χ0) is 16.2. The van der Waals surface area contributed by atoms with Crippen LogP contribution in [0.1, 0.15) is 5.56 Å². The predicted octanol–water partition coefficient (Wildman–Crippen LogP) is 2.96. The Morgan fingerprint density at radius 3 is 2.74 bits per heavy atom. The number of rotatable bonds is 4.